The fourth-order valence-corrected chi connectivity index (χ4v) is 0. The molecule has 0 N–H and O–H groups in total. The number of hydrogen-bond donors (Lipinski definition) is 0. The SMILES string of the molecule is [CH-]=C.[CH2-][SiH2]C.[O]=[Co]. The van der Waals surface area contributed by atoms with E-state index < -0.39 is 0 Å². The van der Waals surface area contributed by atoms with Crippen LogP contribution in [0, 0.1) is 13.1 Å². The third-order valence-electron chi connectivity index (χ3n) is 0. The second-order valence-corrected chi connectivity index (χ2v) is 1.50. The van der Waals surface area contributed by atoms with Crippen molar-refractivity contribution in [3.63, 3.8) is 0 Å². The first kappa shape index (κ1) is 15.7. The van der Waals surface area contributed by atoms with Gasteiger partial charge in [-0.15, -0.1) is 16.1 Å². The van der Waals surface area contributed by atoms with Crippen LogP contribution in [0.4, 0.5) is 0 Å². The molecule has 0 saturated heterocycles. The van der Waals surface area contributed by atoms with Gasteiger partial charge in [-0.3, -0.25) is 6.58 Å². The molecule has 0 unspecified atom stereocenters. The van der Waals surface area contributed by atoms with Gasteiger partial charge >= 0.3 is 19.5 Å². The van der Waals surface area contributed by atoms with Gasteiger partial charge in [-0.2, -0.15) is 0 Å². The van der Waals surface area contributed by atoms with Crippen LogP contribution in [0.15, 0.2) is 6.58 Å². The van der Waals surface area contributed by atoms with Crippen molar-refractivity contribution in [2.75, 3.05) is 0 Å². The summed E-state index contributed by atoms with van der Waals surface area (Å²) in [5.74, 6) is 0. The number of rotatable bonds is 0. The van der Waals surface area contributed by atoms with E-state index in [0.29, 0.717) is 0 Å². The summed E-state index contributed by atoms with van der Waals surface area (Å²) in [5.41, 5.74) is 0. The Balaban J connectivity index is -0.0000000360. The van der Waals surface area contributed by atoms with E-state index in [1.54, 1.807) is 0 Å². The maximum atomic E-state index is 7.94. The van der Waals surface area contributed by atoms with Crippen molar-refractivity contribution in [3.05, 3.63) is 19.7 Å². The van der Waals surface area contributed by atoms with Gasteiger partial charge in [-0.05, 0) is 0 Å². The van der Waals surface area contributed by atoms with Gasteiger partial charge in [0.05, 0.1) is 0 Å². The summed E-state index contributed by atoms with van der Waals surface area (Å²) in [4.78, 5) is 0. The van der Waals surface area contributed by atoms with Gasteiger partial charge in [0.2, 0.25) is 0 Å². The molecule has 0 heterocycles. The number of hydrogen-bond acceptors (Lipinski definition) is 1. The van der Waals surface area contributed by atoms with Crippen molar-refractivity contribution in [3.8, 4) is 0 Å². The van der Waals surface area contributed by atoms with Crippen LogP contribution in [-0.2, 0) is 19.5 Å². The Labute approximate surface area is 55.8 Å². The van der Waals surface area contributed by atoms with Crippen LogP contribution in [0.3, 0.4) is 0 Å². The average molecular weight is 161 g/mol. The molecule has 3 heteroatoms. The van der Waals surface area contributed by atoms with Crippen LogP contribution in [-0.4, -0.2) is 9.52 Å². The van der Waals surface area contributed by atoms with E-state index in [-0.39, 0.29) is 9.52 Å². The fraction of sp³-hybridized carbons (Fsp3) is 0.250. The van der Waals surface area contributed by atoms with E-state index in [2.05, 4.69) is 41.9 Å². The minimum absolute atomic E-state index is 0.167. The molecule has 0 saturated carbocycles. The molecule has 47 valence electrons. The Kier molecular flexibility index (Phi) is 243. The van der Waals surface area contributed by atoms with Gasteiger partial charge in [0.1, 0.15) is 0 Å². The Bertz CT molecular complexity index is 19.2. The van der Waals surface area contributed by atoms with Crippen molar-refractivity contribution in [1.82, 2.24) is 0 Å². The molecule has 0 aromatic heterocycles. The van der Waals surface area contributed by atoms with Crippen molar-refractivity contribution in [2.24, 2.45) is 0 Å². The predicted molar refractivity (Wildman–Crippen MR) is 30.4 cm³/mol. The summed E-state index contributed by atoms with van der Waals surface area (Å²) in [5, 5.41) is 0. The summed E-state index contributed by atoms with van der Waals surface area (Å²) in [6, 6.07) is 0. The van der Waals surface area contributed by atoms with E-state index in [1.807, 2.05) is 0 Å². The van der Waals surface area contributed by atoms with Crippen LogP contribution < -0.4 is 0 Å². The molecule has 0 radical (unpaired) electrons. The summed E-state index contributed by atoms with van der Waals surface area (Å²) < 4.78 is 7.94. The topological polar surface area (TPSA) is 17.1 Å². The van der Waals surface area contributed by atoms with Crippen LogP contribution in [0.2, 0.25) is 6.55 Å². The molecule has 0 fully saturated rings. The molecule has 0 rings (SSSR count). The standard InChI is InChI=1S/C2H7Si.C2H3.Co.O/c1-3-2;1-2;;/h1,3H2,2H3;1H,2H2;;/q2*-1;;. The molecule has 7 heavy (non-hydrogen) atoms. The summed E-state index contributed by atoms with van der Waals surface area (Å²) in [6.45, 7) is 12.8. The van der Waals surface area contributed by atoms with Crippen LogP contribution >= 0.6 is 0 Å². The van der Waals surface area contributed by atoms with Gasteiger partial charge in [-0.1, -0.05) is 0 Å². The minimum atomic E-state index is 0.167. The molecule has 0 aliphatic rings. The second-order valence-electron chi connectivity index (χ2n) is 0.500. The fourth-order valence-electron chi connectivity index (χ4n) is 0. The van der Waals surface area contributed by atoms with Crippen molar-refractivity contribution >= 4 is 9.52 Å². The van der Waals surface area contributed by atoms with E-state index in [9.17, 15) is 0 Å². The first-order valence-corrected chi connectivity index (χ1v) is 4.59. The van der Waals surface area contributed by atoms with Gasteiger partial charge in [0.25, 0.3) is 0 Å². The third-order valence-corrected chi connectivity index (χ3v) is 0. The van der Waals surface area contributed by atoms with Crippen molar-refractivity contribution in [1.29, 1.82) is 0 Å². The Morgan fingerprint density at radius 1 is 1.71 bits per heavy atom. The molecule has 1 nitrogen and oxygen atoms in total. The Hall–Kier alpha value is 0.263. The van der Waals surface area contributed by atoms with E-state index in [1.165, 1.54) is 0 Å². The Morgan fingerprint density at radius 2 is 1.71 bits per heavy atom. The first-order chi connectivity index (χ1) is 3.41. The normalized spacial score (nSPS) is 5.57. The predicted octanol–water partition coefficient (Wildman–Crippen LogP) is 0.479. The van der Waals surface area contributed by atoms with Crippen molar-refractivity contribution < 1.29 is 19.5 Å². The summed E-state index contributed by atoms with van der Waals surface area (Å²) >= 11 is 2.31. The second kappa shape index (κ2) is 109. The quantitative estimate of drug-likeness (QED) is 0.373. The maximum absolute atomic E-state index is 7.94. The summed E-state index contributed by atoms with van der Waals surface area (Å²) in [7, 11) is 0.167. The monoisotopic (exact) mass is 161 g/mol. The molecule has 0 amide bonds. The summed E-state index contributed by atoms with van der Waals surface area (Å²) in [6.07, 6.45) is 0. The van der Waals surface area contributed by atoms with E-state index in [4.69, 9.17) is 3.87 Å². The van der Waals surface area contributed by atoms with Gasteiger partial charge in [0, 0.05) is 0 Å². The third kappa shape index (κ3) is 1640. The van der Waals surface area contributed by atoms with Gasteiger partial charge < -0.3 is 13.1 Å². The van der Waals surface area contributed by atoms with Crippen LogP contribution in [0.1, 0.15) is 0 Å². The van der Waals surface area contributed by atoms with Crippen molar-refractivity contribution in [2.45, 2.75) is 6.55 Å². The zero-order valence-electron chi connectivity index (χ0n) is 4.44. The van der Waals surface area contributed by atoms with Gasteiger partial charge in [-0.25, -0.2) is 0 Å². The zero-order valence-corrected chi connectivity index (χ0v) is 6.90. The Morgan fingerprint density at radius 3 is 1.71 bits per heavy atom. The zero-order chi connectivity index (χ0) is 6.71. The molecule has 0 aliphatic carbocycles. The molecule has 0 aromatic rings. The van der Waals surface area contributed by atoms with Crippen LogP contribution in [0.5, 0.6) is 0 Å². The first-order valence-electron chi connectivity index (χ1n) is 1.75. The van der Waals surface area contributed by atoms with Gasteiger partial charge in [0.15, 0.2) is 0 Å². The average Bonchev–Trinajstić information content (AvgIpc) is 1.78. The molecule has 0 atom stereocenters. The van der Waals surface area contributed by atoms with E-state index in [0.717, 1.165) is 0 Å². The van der Waals surface area contributed by atoms with E-state index >= 15 is 0 Å². The van der Waals surface area contributed by atoms with Crippen LogP contribution in [0.25, 0.3) is 0 Å². The molecule has 0 aliphatic heterocycles. The molecule has 0 spiro atoms. The molecular formula is C4H10CoOSi-2. The molecule has 0 bridgehead atoms. The molecular weight excluding hydrogens is 151 g/mol. The molecule has 0 aromatic carbocycles.